The summed E-state index contributed by atoms with van der Waals surface area (Å²) >= 11 is 0. The van der Waals surface area contributed by atoms with Gasteiger partial charge in [-0.15, -0.1) is 6.42 Å². The Kier molecular flexibility index (Phi) is 2.81. The summed E-state index contributed by atoms with van der Waals surface area (Å²) in [4.78, 5) is 0. The molecule has 2 nitrogen and oxygen atoms in total. The van der Waals surface area contributed by atoms with Crippen LogP contribution >= 0.6 is 0 Å². The van der Waals surface area contributed by atoms with Crippen LogP contribution in [0.1, 0.15) is 18.4 Å². The molecule has 0 fully saturated rings. The predicted octanol–water partition coefficient (Wildman–Crippen LogP) is 2.14. The SMILES string of the molecule is C#CC(C)c1ccc(O)c(OC)c1. The molecule has 68 valence electrons. The zero-order valence-electron chi connectivity index (χ0n) is 7.74. The highest BCUT2D eigenvalue weighted by Gasteiger charge is 2.06. The van der Waals surface area contributed by atoms with Crippen molar-refractivity contribution in [3.05, 3.63) is 23.8 Å². The molecule has 2 heteroatoms. The van der Waals surface area contributed by atoms with E-state index in [-0.39, 0.29) is 11.7 Å². The van der Waals surface area contributed by atoms with Crippen molar-refractivity contribution < 1.29 is 9.84 Å². The minimum absolute atomic E-state index is 0.0366. The van der Waals surface area contributed by atoms with Crippen LogP contribution in [-0.4, -0.2) is 12.2 Å². The first kappa shape index (κ1) is 9.47. The molecule has 0 aromatic heterocycles. The van der Waals surface area contributed by atoms with Crippen molar-refractivity contribution in [2.24, 2.45) is 0 Å². The third kappa shape index (κ3) is 1.94. The van der Waals surface area contributed by atoms with E-state index in [0.29, 0.717) is 5.75 Å². The molecule has 13 heavy (non-hydrogen) atoms. The van der Waals surface area contributed by atoms with Gasteiger partial charge < -0.3 is 9.84 Å². The molecule has 0 aliphatic rings. The largest absolute Gasteiger partial charge is 0.504 e. The minimum atomic E-state index is 0.0366. The van der Waals surface area contributed by atoms with Gasteiger partial charge in [0.15, 0.2) is 11.5 Å². The Morgan fingerprint density at radius 1 is 1.54 bits per heavy atom. The average molecular weight is 176 g/mol. The summed E-state index contributed by atoms with van der Waals surface area (Å²) in [6.45, 7) is 1.92. The van der Waals surface area contributed by atoms with Gasteiger partial charge in [0.1, 0.15) is 0 Å². The second-order valence-electron chi connectivity index (χ2n) is 2.82. The molecule has 0 radical (unpaired) electrons. The van der Waals surface area contributed by atoms with E-state index in [4.69, 9.17) is 11.2 Å². The van der Waals surface area contributed by atoms with Crippen molar-refractivity contribution in [1.82, 2.24) is 0 Å². The molecule has 1 aromatic carbocycles. The standard InChI is InChI=1S/C11H12O2/c1-4-8(2)9-5-6-10(12)11(7-9)13-3/h1,5-8,12H,2-3H3. The molecule has 0 saturated carbocycles. The lowest BCUT2D eigenvalue weighted by Crippen LogP contribution is -1.91. The lowest BCUT2D eigenvalue weighted by molar-refractivity contribution is 0.373. The van der Waals surface area contributed by atoms with E-state index >= 15 is 0 Å². The lowest BCUT2D eigenvalue weighted by atomic mass is 10.0. The zero-order chi connectivity index (χ0) is 9.84. The number of benzene rings is 1. The molecule has 0 aliphatic carbocycles. The van der Waals surface area contributed by atoms with Crippen LogP contribution in [0, 0.1) is 12.3 Å². The monoisotopic (exact) mass is 176 g/mol. The Morgan fingerprint density at radius 2 is 2.23 bits per heavy atom. The highest BCUT2D eigenvalue weighted by atomic mass is 16.5. The summed E-state index contributed by atoms with van der Waals surface area (Å²) in [7, 11) is 1.51. The molecular formula is C11H12O2. The van der Waals surface area contributed by atoms with E-state index in [0.717, 1.165) is 5.56 Å². The fourth-order valence-corrected chi connectivity index (χ4v) is 1.06. The van der Waals surface area contributed by atoms with E-state index in [2.05, 4.69) is 5.92 Å². The van der Waals surface area contributed by atoms with Crippen molar-refractivity contribution in [3.8, 4) is 23.8 Å². The van der Waals surface area contributed by atoms with Gasteiger partial charge in [-0.1, -0.05) is 12.0 Å². The van der Waals surface area contributed by atoms with E-state index in [1.165, 1.54) is 7.11 Å². The second-order valence-corrected chi connectivity index (χ2v) is 2.82. The van der Waals surface area contributed by atoms with Crippen LogP contribution in [0.5, 0.6) is 11.5 Å². The number of hydrogen-bond acceptors (Lipinski definition) is 2. The molecule has 1 aromatic rings. The summed E-state index contributed by atoms with van der Waals surface area (Å²) in [5, 5.41) is 9.31. The van der Waals surface area contributed by atoms with Gasteiger partial charge in [0.2, 0.25) is 0 Å². The van der Waals surface area contributed by atoms with Crippen molar-refractivity contribution >= 4 is 0 Å². The van der Waals surface area contributed by atoms with Crippen molar-refractivity contribution in [3.63, 3.8) is 0 Å². The van der Waals surface area contributed by atoms with E-state index in [9.17, 15) is 5.11 Å². The first-order chi connectivity index (χ1) is 6.19. The summed E-state index contributed by atoms with van der Waals surface area (Å²) in [5.74, 6) is 3.24. The fourth-order valence-electron chi connectivity index (χ4n) is 1.06. The van der Waals surface area contributed by atoms with Crippen LogP contribution in [-0.2, 0) is 0 Å². The number of methoxy groups -OCH3 is 1. The quantitative estimate of drug-likeness (QED) is 0.699. The first-order valence-corrected chi connectivity index (χ1v) is 4.02. The van der Waals surface area contributed by atoms with Gasteiger partial charge >= 0.3 is 0 Å². The van der Waals surface area contributed by atoms with Crippen LogP contribution in [0.25, 0.3) is 0 Å². The first-order valence-electron chi connectivity index (χ1n) is 4.02. The number of rotatable bonds is 2. The minimum Gasteiger partial charge on any atom is -0.504 e. The maximum atomic E-state index is 9.31. The van der Waals surface area contributed by atoms with Crippen molar-refractivity contribution in [2.45, 2.75) is 12.8 Å². The average Bonchev–Trinajstić information content (AvgIpc) is 2.17. The molecule has 0 saturated heterocycles. The molecule has 0 heterocycles. The Balaban J connectivity index is 3.08. The maximum absolute atomic E-state index is 9.31. The highest BCUT2D eigenvalue weighted by molar-refractivity contribution is 5.43. The van der Waals surface area contributed by atoms with Gasteiger partial charge in [0, 0.05) is 5.92 Å². The fraction of sp³-hybridized carbons (Fsp3) is 0.273. The van der Waals surface area contributed by atoms with Crippen LogP contribution in [0.4, 0.5) is 0 Å². The van der Waals surface area contributed by atoms with E-state index in [1.54, 1.807) is 18.2 Å². The predicted molar refractivity (Wildman–Crippen MR) is 51.9 cm³/mol. The topological polar surface area (TPSA) is 29.5 Å². The summed E-state index contributed by atoms with van der Waals surface area (Å²) in [5.41, 5.74) is 0.970. The Labute approximate surface area is 78.2 Å². The Morgan fingerprint density at radius 3 is 2.77 bits per heavy atom. The van der Waals surface area contributed by atoms with E-state index in [1.807, 2.05) is 6.92 Å². The molecule has 0 amide bonds. The molecule has 1 atom stereocenters. The van der Waals surface area contributed by atoms with Gasteiger partial charge in [-0.25, -0.2) is 0 Å². The lowest BCUT2D eigenvalue weighted by Gasteiger charge is -2.08. The normalized spacial score (nSPS) is 11.8. The highest BCUT2D eigenvalue weighted by Crippen LogP contribution is 2.29. The Hall–Kier alpha value is -1.62. The maximum Gasteiger partial charge on any atom is 0.160 e. The molecule has 1 unspecified atom stereocenters. The summed E-state index contributed by atoms with van der Waals surface area (Å²) in [6, 6.07) is 5.13. The van der Waals surface area contributed by atoms with Gasteiger partial charge in [0.25, 0.3) is 0 Å². The number of aromatic hydroxyl groups is 1. The van der Waals surface area contributed by atoms with Crippen LogP contribution < -0.4 is 4.74 Å². The summed E-state index contributed by atoms with van der Waals surface area (Å²) < 4.78 is 4.96. The van der Waals surface area contributed by atoms with Gasteiger partial charge in [-0.2, -0.15) is 0 Å². The number of ether oxygens (including phenoxy) is 1. The van der Waals surface area contributed by atoms with Crippen LogP contribution in [0.3, 0.4) is 0 Å². The number of terminal acetylenes is 1. The molecule has 0 bridgehead atoms. The van der Waals surface area contributed by atoms with Crippen molar-refractivity contribution in [2.75, 3.05) is 7.11 Å². The molecule has 0 spiro atoms. The van der Waals surface area contributed by atoms with Crippen LogP contribution in [0.15, 0.2) is 18.2 Å². The van der Waals surface area contributed by atoms with Crippen molar-refractivity contribution in [1.29, 1.82) is 0 Å². The number of hydrogen-bond donors (Lipinski definition) is 1. The molecule has 0 aliphatic heterocycles. The van der Waals surface area contributed by atoms with Gasteiger partial charge in [-0.3, -0.25) is 0 Å². The van der Waals surface area contributed by atoms with Crippen LogP contribution in [0.2, 0.25) is 0 Å². The number of phenolic OH excluding ortho intramolecular Hbond substituents is 1. The molecule has 1 N–H and O–H groups in total. The van der Waals surface area contributed by atoms with Gasteiger partial charge in [-0.05, 0) is 24.6 Å². The third-order valence-corrected chi connectivity index (χ3v) is 1.95. The van der Waals surface area contributed by atoms with E-state index < -0.39 is 0 Å². The van der Waals surface area contributed by atoms with Gasteiger partial charge in [0.05, 0.1) is 7.11 Å². The summed E-state index contributed by atoms with van der Waals surface area (Å²) in [6.07, 6.45) is 5.28. The zero-order valence-corrected chi connectivity index (χ0v) is 7.74. The third-order valence-electron chi connectivity index (χ3n) is 1.95. The number of phenols is 1. The smallest absolute Gasteiger partial charge is 0.160 e. The Bertz CT molecular complexity index is 336. The molecule has 1 rings (SSSR count). The second kappa shape index (κ2) is 3.86. The molecular weight excluding hydrogens is 164 g/mol.